The van der Waals surface area contributed by atoms with E-state index in [-0.39, 0.29) is 11.8 Å². The van der Waals surface area contributed by atoms with Gasteiger partial charge in [-0.3, -0.25) is 10.00 Å². The van der Waals surface area contributed by atoms with Crippen LogP contribution in [-0.4, -0.2) is 59.5 Å². The Hall–Kier alpha value is -2.54. The summed E-state index contributed by atoms with van der Waals surface area (Å²) in [5.74, 6) is 0.142. The van der Waals surface area contributed by atoms with E-state index in [1.807, 2.05) is 25.2 Å². The zero-order valence-corrected chi connectivity index (χ0v) is 12.4. The topological polar surface area (TPSA) is 87.7 Å². The zero-order chi connectivity index (χ0) is 15.7. The highest BCUT2D eigenvalue weighted by molar-refractivity contribution is 5.87. The molecule has 0 unspecified atom stereocenters. The number of likely N-dealkylation sites (tertiary alicyclic amines) is 1. The minimum Gasteiger partial charge on any atom is -0.493 e. The van der Waals surface area contributed by atoms with Gasteiger partial charge in [-0.1, -0.05) is 6.07 Å². The number of nitrogens with one attached hydrogen (secondary N) is 1. The Balaban J connectivity index is 1.96. The summed E-state index contributed by atoms with van der Waals surface area (Å²) in [7, 11) is 3.60. The summed E-state index contributed by atoms with van der Waals surface area (Å²) in [6, 6.07) is 6.95. The normalized spacial score (nSPS) is 15.4. The molecule has 1 aromatic heterocycles. The Labute approximate surface area is 127 Å². The van der Waals surface area contributed by atoms with Crippen molar-refractivity contribution in [3.05, 3.63) is 30.0 Å². The number of aromatic nitrogens is 2. The number of hydrogen-bond acceptors (Lipinski definition) is 5. The van der Waals surface area contributed by atoms with Crippen LogP contribution in [0.4, 0.5) is 0 Å². The fraction of sp³-hybridized carbons (Fsp3) is 0.333. The molecule has 2 N–H and O–H groups in total. The molecule has 1 aromatic carbocycles. The number of likely N-dealkylation sites (N-methyl/N-ethyl adjacent to an activating group) is 1. The maximum absolute atomic E-state index is 11.0. The molecule has 22 heavy (non-hydrogen) atoms. The quantitative estimate of drug-likeness (QED) is 0.870. The van der Waals surface area contributed by atoms with Gasteiger partial charge < -0.3 is 14.6 Å². The Morgan fingerprint density at radius 1 is 1.45 bits per heavy atom. The molecule has 1 fully saturated rings. The van der Waals surface area contributed by atoms with Crippen LogP contribution in [0.25, 0.3) is 11.3 Å². The zero-order valence-electron chi connectivity index (χ0n) is 12.4. The van der Waals surface area contributed by atoms with Crippen LogP contribution in [0.15, 0.2) is 24.3 Å². The number of carbonyl (C=O) groups is 1. The van der Waals surface area contributed by atoms with Crippen LogP contribution in [-0.2, 0) is 0 Å². The van der Waals surface area contributed by atoms with Crippen LogP contribution in [0.2, 0.25) is 0 Å². The van der Waals surface area contributed by atoms with Crippen LogP contribution >= 0.6 is 0 Å². The molecule has 0 aliphatic carbocycles. The SMILES string of the molecule is COc1cccc(-c2cc(C(=O)O)[nH]n2)c1OC1CN(C)C1. The van der Waals surface area contributed by atoms with Gasteiger partial charge in [-0.05, 0) is 25.2 Å². The molecule has 1 saturated heterocycles. The van der Waals surface area contributed by atoms with Crippen LogP contribution in [0, 0.1) is 0 Å². The number of H-pyrrole nitrogens is 1. The number of carboxylic acids is 1. The number of aromatic carboxylic acids is 1. The number of hydrogen-bond donors (Lipinski definition) is 2. The van der Waals surface area contributed by atoms with Crippen molar-refractivity contribution >= 4 is 5.97 Å². The lowest BCUT2D eigenvalue weighted by atomic mass is 10.1. The Kier molecular flexibility index (Phi) is 3.72. The largest absolute Gasteiger partial charge is 0.493 e. The summed E-state index contributed by atoms with van der Waals surface area (Å²) in [6.07, 6.45) is 0.0953. The minimum absolute atomic E-state index is 0.0344. The highest BCUT2D eigenvalue weighted by Gasteiger charge is 2.27. The maximum atomic E-state index is 11.0. The van der Waals surface area contributed by atoms with Gasteiger partial charge in [0.15, 0.2) is 11.5 Å². The van der Waals surface area contributed by atoms with Gasteiger partial charge >= 0.3 is 5.97 Å². The van der Waals surface area contributed by atoms with Crippen molar-refractivity contribution in [3.63, 3.8) is 0 Å². The van der Waals surface area contributed by atoms with Crippen LogP contribution in [0.1, 0.15) is 10.5 Å². The van der Waals surface area contributed by atoms with Crippen molar-refractivity contribution < 1.29 is 19.4 Å². The summed E-state index contributed by atoms with van der Waals surface area (Å²) in [6.45, 7) is 1.69. The molecule has 2 aromatic rings. The van der Waals surface area contributed by atoms with E-state index >= 15 is 0 Å². The second-order valence-electron chi connectivity index (χ2n) is 5.27. The van der Waals surface area contributed by atoms with Gasteiger partial charge in [0.1, 0.15) is 11.8 Å². The second-order valence-corrected chi connectivity index (χ2v) is 5.27. The fourth-order valence-electron chi connectivity index (χ4n) is 2.45. The van der Waals surface area contributed by atoms with Gasteiger partial charge in [0, 0.05) is 18.7 Å². The number of carboxylic acid groups (broad SMARTS) is 1. The van der Waals surface area contributed by atoms with E-state index in [0.717, 1.165) is 13.1 Å². The molecule has 0 amide bonds. The van der Waals surface area contributed by atoms with Gasteiger partial charge in [-0.2, -0.15) is 5.10 Å². The maximum Gasteiger partial charge on any atom is 0.353 e. The average Bonchev–Trinajstić information content (AvgIpc) is 2.95. The number of nitrogens with zero attached hydrogens (tertiary/aromatic N) is 2. The number of aromatic amines is 1. The molecule has 0 spiro atoms. The number of rotatable bonds is 5. The highest BCUT2D eigenvalue weighted by Crippen LogP contribution is 2.38. The summed E-state index contributed by atoms with van der Waals surface area (Å²) < 4.78 is 11.4. The smallest absolute Gasteiger partial charge is 0.353 e. The molecule has 2 heterocycles. The van der Waals surface area contributed by atoms with Crippen molar-refractivity contribution in [1.29, 1.82) is 0 Å². The standard InChI is InChI=1S/C15H17N3O4/c1-18-7-9(8-18)22-14-10(4-3-5-13(14)21-2)11-6-12(15(19)20)17-16-11/h3-6,9H,7-8H2,1-2H3,(H,16,17)(H,19,20). The third-order valence-electron chi connectivity index (χ3n) is 3.60. The molecular formula is C15H17N3O4. The summed E-state index contributed by atoms with van der Waals surface area (Å²) in [5, 5.41) is 15.6. The summed E-state index contributed by atoms with van der Waals surface area (Å²) in [4.78, 5) is 13.1. The van der Waals surface area contributed by atoms with Crippen LogP contribution < -0.4 is 9.47 Å². The monoisotopic (exact) mass is 303 g/mol. The molecule has 0 bridgehead atoms. The van der Waals surface area contributed by atoms with Gasteiger partial charge in [0.25, 0.3) is 0 Å². The first-order chi connectivity index (χ1) is 10.6. The number of benzene rings is 1. The fourth-order valence-corrected chi connectivity index (χ4v) is 2.45. The predicted molar refractivity (Wildman–Crippen MR) is 79.4 cm³/mol. The van der Waals surface area contributed by atoms with Crippen molar-refractivity contribution in [1.82, 2.24) is 15.1 Å². The third-order valence-corrected chi connectivity index (χ3v) is 3.60. The highest BCUT2D eigenvalue weighted by atomic mass is 16.5. The van der Waals surface area contributed by atoms with Crippen LogP contribution in [0.5, 0.6) is 11.5 Å². The number of methoxy groups -OCH3 is 1. The Morgan fingerprint density at radius 2 is 2.23 bits per heavy atom. The lowest BCUT2D eigenvalue weighted by Crippen LogP contribution is -2.51. The van der Waals surface area contributed by atoms with E-state index in [9.17, 15) is 4.79 Å². The number of para-hydroxylation sites is 1. The van der Waals surface area contributed by atoms with Crippen molar-refractivity contribution in [2.24, 2.45) is 0 Å². The molecule has 0 radical (unpaired) electrons. The van der Waals surface area contributed by atoms with E-state index in [1.165, 1.54) is 6.07 Å². The van der Waals surface area contributed by atoms with Gasteiger partial charge in [0.2, 0.25) is 0 Å². The molecule has 1 aliphatic rings. The van der Waals surface area contributed by atoms with E-state index in [2.05, 4.69) is 15.1 Å². The Morgan fingerprint density at radius 3 is 2.82 bits per heavy atom. The first kappa shape index (κ1) is 14.4. The first-order valence-electron chi connectivity index (χ1n) is 6.89. The van der Waals surface area contributed by atoms with E-state index in [4.69, 9.17) is 14.6 Å². The molecule has 7 heteroatoms. The average molecular weight is 303 g/mol. The minimum atomic E-state index is -1.05. The molecule has 7 nitrogen and oxygen atoms in total. The van der Waals surface area contributed by atoms with E-state index in [0.29, 0.717) is 22.8 Å². The van der Waals surface area contributed by atoms with Crippen molar-refractivity contribution in [3.8, 4) is 22.8 Å². The lowest BCUT2D eigenvalue weighted by Gasteiger charge is -2.36. The molecule has 116 valence electrons. The van der Waals surface area contributed by atoms with Gasteiger partial charge in [0.05, 0.1) is 12.8 Å². The second kappa shape index (κ2) is 5.69. The molecule has 0 saturated carbocycles. The molecule has 0 atom stereocenters. The third kappa shape index (κ3) is 2.62. The van der Waals surface area contributed by atoms with Crippen molar-refractivity contribution in [2.75, 3.05) is 27.2 Å². The van der Waals surface area contributed by atoms with Gasteiger partial charge in [-0.15, -0.1) is 0 Å². The molecular weight excluding hydrogens is 286 g/mol. The Bertz CT molecular complexity index is 692. The van der Waals surface area contributed by atoms with Crippen LogP contribution in [0.3, 0.4) is 0 Å². The summed E-state index contributed by atoms with van der Waals surface area (Å²) >= 11 is 0. The van der Waals surface area contributed by atoms with E-state index < -0.39 is 5.97 Å². The lowest BCUT2D eigenvalue weighted by molar-refractivity contribution is 0.0374. The molecule has 1 aliphatic heterocycles. The molecule has 3 rings (SSSR count). The number of ether oxygens (including phenoxy) is 2. The van der Waals surface area contributed by atoms with Gasteiger partial charge in [-0.25, -0.2) is 4.79 Å². The van der Waals surface area contributed by atoms with E-state index in [1.54, 1.807) is 7.11 Å². The first-order valence-corrected chi connectivity index (χ1v) is 6.89. The summed E-state index contributed by atoms with van der Waals surface area (Å²) in [5.41, 5.74) is 1.25. The van der Waals surface area contributed by atoms with Crippen molar-refractivity contribution in [2.45, 2.75) is 6.10 Å². The predicted octanol–water partition coefficient (Wildman–Crippen LogP) is 1.48.